The molecule has 0 aromatic heterocycles. The molecular weight excluding hydrogens is 417 g/mol. The largest absolute Gasteiger partial charge is 0.233 e. The molecule has 0 aliphatic heterocycles. The maximum absolute atomic E-state index is 12.2. The quantitative estimate of drug-likeness (QED) is 0.342. The van der Waals surface area contributed by atoms with Crippen LogP contribution < -0.4 is 0 Å². The molecule has 0 aromatic carbocycles. The molecule has 1 saturated carbocycles. The van der Waals surface area contributed by atoms with E-state index in [0.717, 1.165) is 50.5 Å². The first-order valence-corrected chi connectivity index (χ1v) is 10.5. The van der Waals surface area contributed by atoms with Crippen LogP contribution in [0, 0.1) is 0 Å². The van der Waals surface area contributed by atoms with Crippen molar-refractivity contribution >= 4 is 72.7 Å². The molecule has 0 atom stereocenters. The van der Waals surface area contributed by atoms with E-state index in [0.29, 0.717) is 0 Å². The zero-order valence-corrected chi connectivity index (χ0v) is 15.6. The highest BCUT2D eigenvalue weighted by molar-refractivity contribution is 9.10. The van der Waals surface area contributed by atoms with Crippen LogP contribution in [-0.2, 0) is 10.0 Å². The van der Waals surface area contributed by atoms with Gasteiger partial charge in [0, 0.05) is 6.04 Å². The van der Waals surface area contributed by atoms with Gasteiger partial charge in [0.25, 0.3) is 0 Å². The predicted molar refractivity (Wildman–Crippen MR) is 88.2 cm³/mol. The minimum absolute atomic E-state index is 0.0588. The Morgan fingerprint density at radius 2 is 1.68 bits per heavy atom. The minimum atomic E-state index is -3.43. The maximum atomic E-state index is 12.2. The number of alkyl halides is 1. The summed E-state index contributed by atoms with van der Waals surface area (Å²) in [5.74, 6) is 0. The average Bonchev–Trinajstić information content (AvgIpc) is 2.63. The Hall–Kier alpha value is 1.35. The molecule has 19 heavy (non-hydrogen) atoms. The van der Waals surface area contributed by atoms with Gasteiger partial charge in [-0.2, -0.15) is 0 Å². The lowest BCUT2D eigenvalue weighted by Gasteiger charge is -2.28. The molecule has 1 fully saturated rings. The molecule has 0 heterocycles. The Morgan fingerprint density at radius 3 is 2.11 bits per heavy atom. The lowest BCUT2D eigenvalue weighted by Crippen LogP contribution is -2.35. The van der Waals surface area contributed by atoms with Crippen molar-refractivity contribution in [3.63, 3.8) is 0 Å². The standard InChI is InChI=1S/C10H15BrCl3NO2S2/c11-7-19(16,17)15(18-10(14)9(12)13)8-5-3-1-2-4-6-8/h8H,1-7H2. The summed E-state index contributed by atoms with van der Waals surface area (Å²) in [4.78, 5) is 0. The van der Waals surface area contributed by atoms with Crippen molar-refractivity contribution in [2.24, 2.45) is 0 Å². The predicted octanol–water partition coefficient (Wildman–Crippen LogP) is 5.18. The molecule has 1 rings (SSSR count). The fraction of sp³-hybridized carbons (Fsp3) is 0.800. The first kappa shape index (κ1) is 18.4. The summed E-state index contributed by atoms with van der Waals surface area (Å²) in [6.07, 6.45) is 6.00. The van der Waals surface area contributed by atoms with E-state index in [1.807, 2.05) is 0 Å². The third kappa shape index (κ3) is 5.93. The molecule has 0 N–H and O–H groups in total. The summed E-state index contributed by atoms with van der Waals surface area (Å²) in [5.41, 5.74) is 0. The number of hydrogen-bond acceptors (Lipinski definition) is 3. The highest BCUT2D eigenvalue weighted by atomic mass is 79.9. The van der Waals surface area contributed by atoms with Crippen LogP contribution in [0.15, 0.2) is 8.86 Å². The Labute approximate surface area is 142 Å². The van der Waals surface area contributed by atoms with E-state index in [1.165, 1.54) is 3.71 Å². The molecule has 0 spiro atoms. The molecule has 0 bridgehead atoms. The van der Waals surface area contributed by atoms with Crippen LogP contribution in [0.25, 0.3) is 0 Å². The highest BCUT2D eigenvalue weighted by Crippen LogP contribution is 2.38. The normalized spacial score (nSPS) is 18.4. The van der Waals surface area contributed by atoms with Gasteiger partial charge in [-0.3, -0.25) is 0 Å². The molecule has 0 aromatic rings. The van der Waals surface area contributed by atoms with E-state index in [-0.39, 0.29) is 19.6 Å². The molecule has 0 amide bonds. The van der Waals surface area contributed by atoms with Gasteiger partial charge < -0.3 is 0 Å². The van der Waals surface area contributed by atoms with Gasteiger partial charge in [0.15, 0.2) is 0 Å². The Kier molecular flexibility index (Phi) is 8.43. The van der Waals surface area contributed by atoms with Crippen LogP contribution in [0.3, 0.4) is 0 Å². The first-order chi connectivity index (χ1) is 8.88. The number of nitrogens with zero attached hydrogens (tertiary/aromatic N) is 1. The van der Waals surface area contributed by atoms with E-state index >= 15 is 0 Å². The topological polar surface area (TPSA) is 37.4 Å². The average molecular weight is 432 g/mol. The fourth-order valence-corrected chi connectivity index (χ4v) is 5.79. The summed E-state index contributed by atoms with van der Waals surface area (Å²) >= 11 is 21.0. The van der Waals surface area contributed by atoms with Crippen LogP contribution in [0.5, 0.6) is 0 Å². The third-order valence-corrected chi connectivity index (χ3v) is 8.65. The zero-order valence-electron chi connectivity index (χ0n) is 10.1. The van der Waals surface area contributed by atoms with Crippen LogP contribution in [-0.4, -0.2) is 22.8 Å². The van der Waals surface area contributed by atoms with Gasteiger partial charge in [-0.1, -0.05) is 76.4 Å². The Balaban J connectivity index is 2.94. The summed E-state index contributed by atoms with van der Waals surface area (Å²) < 4.78 is 25.5. The number of halogens is 4. The highest BCUT2D eigenvalue weighted by Gasteiger charge is 2.31. The van der Waals surface area contributed by atoms with Gasteiger partial charge in [-0.05, 0) is 24.8 Å². The minimum Gasteiger partial charge on any atom is -0.210 e. The summed E-state index contributed by atoms with van der Waals surface area (Å²) in [6, 6.07) is -0.0588. The van der Waals surface area contributed by atoms with Crippen molar-refractivity contribution in [3.8, 4) is 0 Å². The molecule has 1 aliphatic carbocycles. The van der Waals surface area contributed by atoms with Gasteiger partial charge >= 0.3 is 0 Å². The van der Waals surface area contributed by atoms with Crippen molar-refractivity contribution in [1.82, 2.24) is 3.71 Å². The Bertz CT molecular complexity index is 418. The zero-order chi connectivity index (χ0) is 14.5. The Morgan fingerprint density at radius 1 is 1.16 bits per heavy atom. The van der Waals surface area contributed by atoms with Crippen molar-refractivity contribution in [2.75, 3.05) is 4.66 Å². The van der Waals surface area contributed by atoms with Gasteiger partial charge in [-0.25, -0.2) is 8.42 Å². The maximum Gasteiger partial charge on any atom is 0.233 e. The van der Waals surface area contributed by atoms with Crippen molar-refractivity contribution in [1.29, 1.82) is 0 Å². The van der Waals surface area contributed by atoms with E-state index in [2.05, 4.69) is 15.9 Å². The van der Waals surface area contributed by atoms with Gasteiger partial charge in [0.05, 0.1) is 0 Å². The summed E-state index contributed by atoms with van der Waals surface area (Å²) in [7, 11) is -3.43. The van der Waals surface area contributed by atoms with Crippen molar-refractivity contribution < 1.29 is 8.42 Å². The lowest BCUT2D eigenvalue weighted by molar-refractivity contribution is 0.419. The third-order valence-electron chi connectivity index (χ3n) is 2.85. The molecule has 0 saturated heterocycles. The van der Waals surface area contributed by atoms with E-state index in [1.54, 1.807) is 0 Å². The second-order valence-corrected chi connectivity index (χ2v) is 10.2. The van der Waals surface area contributed by atoms with Crippen molar-refractivity contribution in [2.45, 2.75) is 44.6 Å². The van der Waals surface area contributed by atoms with E-state index in [9.17, 15) is 8.42 Å². The lowest BCUT2D eigenvalue weighted by atomic mass is 10.1. The molecular formula is C10H15BrCl3NO2S2. The molecule has 3 nitrogen and oxygen atoms in total. The van der Waals surface area contributed by atoms with Crippen molar-refractivity contribution in [3.05, 3.63) is 8.86 Å². The van der Waals surface area contributed by atoms with Gasteiger partial charge in [0.1, 0.15) is 13.5 Å². The van der Waals surface area contributed by atoms with E-state index in [4.69, 9.17) is 34.8 Å². The van der Waals surface area contributed by atoms with Crippen LogP contribution in [0.2, 0.25) is 0 Å². The fourth-order valence-electron chi connectivity index (χ4n) is 1.99. The molecule has 1 aliphatic rings. The molecule has 112 valence electrons. The van der Waals surface area contributed by atoms with E-state index < -0.39 is 10.0 Å². The number of hydrogen-bond donors (Lipinski definition) is 0. The van der Waals surface area contributed by atoms with Crippen LogP contribution >= 0.6 is 62.7 Å². The SMILES string of the molecule is O=S(=O)(CBr)N(SC(Cl)=C(Cl)Cl)C1CCCCCC1. The van der Waals surface area contributed by atoms with Gasteiger partial charge in [-0.15, -0.1) is 3.71 Å². The van der Waals surface area contributed by atoms with Crippen LogP contribution in [0.1, 0.15) is 38.5 Å². The number of rotatable bonds is 5. The second kappa shape index (κ2) is 8.71. The molecule has 9 heteroatoms. The first-order valence-electron chi connectivity index (χ1n) is 5.85. The molecule has 0 radical (unpaired) electrons. The van der Waals surface area contributed by atoms with Gasteiger partial charge in [0.2, 0.25) is 10.0 Å². The monoisotopic (exact) mass is 429 g/mol. The second-order valence-electron chi connectivity index (χ2n) is 4.25. The summed E-state index contributed by atoms with van der Waals surface area (Å²) in [5, 5.41) is 0. The number of sulfonamides is 1. The molecule has 0 unspecified atom stereocenters. The summed E-state index contributed by atoms with van der Waals surface area (Å²) in [6.45, 7) is 0. The smallest absolute Gasteiger partial charge is 0.210 e. The van der Waals surface area contributed by atoms with Crippen LogP contribution in [0.4, 0.5) is 0 Å².